The van der Waals surface area contributed by atoms with Crippen molar-refractivity contribution in [1.82, 2.24) is 10.6 Å². The summed E-state index contributed by atoms with van der Waals surface area (Å²) in [6.45, 7) is 2.76. The van der Waals surface area contributed by atoms with E-state index in [2.05, 4.69) is 10.6 Å². The van der Waals surface area contributed by atoms with Crippen LogP contribution in [0.4, 0.5) is 9.59 Å². The maximum atomic E-state index is 11.9. The molecule has 0 saturated heterocycles. The summed E-state index contributed by atoms with van der Waals surface area (Å²) in [4.78, 5) is 34.9. The predicted molar refractivity (Wildman–Crippen MR) is 98.8 cm³/mol. The van der Waals surface area contributed by atoms with Crippen LogP contribution in [0.2, 0.25) is 0 Å². The van der Waals surface area contributed by atoms with Crippen molar-refractivity contribution < 1.29 is 28.6 Å². The highest BCUT2D eigenvalue weighted by Gasteiger charge is 2.22. The maximum Gasteiger partial charge on any atom is 0.407 e. The van der Waals surface area contributed by atoms with Crippen molar-refractivity contribution in [3.8, 4) is 0 Å². The van der Waals surface area contributed by atoms with E-state index in [0.29, 0.717) is 50.4 Å². The van der Waals surface area contributed by atoms with E-state index in [1.807, 2.05) is 0 Å². The Hall–Kier alpha value is -1.41. The zero-order valence-corrected chi connectivity index (χ0v) is 16.6. The van der Waals surface area contributed by atoms with Gasteiger partial charge in [0.05, 0.1) is 19.8 Å². The summed E-state index contributed by atoms with van der Waals surface area (Å²) >= 11 is 11.0. The van der Waals surface area contributed by atoms with Gasteiger partial charge in [0.15, 0.2) is 0 Å². The zero-order chi connectivity index (χ0) is 19.6. The van der Waals surface area contributed by atoms with Gasteiger partial charge in [0.25, 0.3) is 0 Å². The molecule has 0 bridgehead atoms. The molecule has 8 nitrogen and oxygen atoms in total. The molecule has 0 rings (SSSR count). The van der Waals surface area contributed by atoms with Crippen LogP contribution in [0.1, 0.15) is 39.0 Å². The molecule has 1 unspecified atom stereocenters. The normalized spacial score (nSPS) is 11.3. The lowest BCUT2D eigenvalue weighted by molar-refractivity contribution is -0.145. The number of halogens is 2. The number of hydrogen-bond donors (Lipinski definition) is 2. The molecule has 0 aromatic rings. The molecule has 0 aliphatic carbocycles. The van der Waals surface area contributed by atoms with E-state index >= 15 is 0 Å². The fraction of sp³-hybridized carbons (Fsp3) is 0.812. The number of esters is 1. The minimum absolute atomic E-state index is 0.181. The van der Waals surface area contributed by atoms with E-state index in [9.17, 15) is 14.4 Å². The van der Waals surface area contributed by atoms with Gasteiger partial charge < -0.3 is 24.8 Å². The summed E-state index contributed by atoms with van der Waals surface area (Å²) < 4.78 is 14.8. The van der Waals surface area contributed by atoms with Gasteiger partial charge in [0, 0.05) is 18.3 Å². The number of alkyl halides is 2. The summed E-state index contributed by atoms with van der Waals surface area (Å²) in [5, 5.41) is 5.09. The topological polar surface area (TPSA) is 103 Å². The molecule has 152 valence electrons. The van der Waals surface area contributed by atoms with Gasteiger partial charge in [-0.3, -0.25) is 0 Å². The van der Waals surface area contributed by atoms with E-state index in [4.69, 9.17) is 37.4 Å². The van der Waals surface area contributed by atoms with Crippen molar-refractivity contribution in [2.24, 2.45) is 0 Å². The summed E-state index contributed by atoms with van der Waals surface area (Å²) in [6.07, 6.45) is 1.52. The number of ether oxygens (including phenoxy) is 3. The molecule has 0 spiro atoms. The van der Waals surface area contributed by atoms with Crippen LogP contribution >= 0.6 is 23.2 Å². The van der Waals surface area contributed by atoms with Crippen LogP contribution in [-0.2, 0) is 19.0 Å². The van der Waals surface area contributed by atoms with E-state index in [-0.39, 0.29) is 19.8 Å². The molecular formula is C16H28Cl2N2O6. The second kappa shape index (κ2) is 17.0. The van der Waals surface area contributed by atoms with Crippen LogP contribution in [0, 0.1) is 0 Å². The van der Waals surface area contributed by atoms with Gasteiger partial charge in [-0.15, -0.1) is 23.2 Å². The van der Waals surface area contributed by atoms with E-state index < -0.39 is 24.2 Å². The lowest BCUT2D eigenvalue weighted by Gasteiger charge is -2.17. The molecule has 10 heteroatoms. The second-order valence-corrected chi connectivity index (χ2v) is 5.98. The van der Waals surface area contributed by atoms with Gasteiger partial charge in [-0.1, -0.05) is 0 Å². The third-order valence-electron chi connectivity index (χ3n) is 3.07. The molecular weight excluding hydrogens is 387 g/mol. The zero-order valence-electron chi connectivity index (χ0n) is 15.1. The first kappa shape index (κ1) is 24.6. The number of amides is 2. The number of nitrogens with one attached hydrogen (secondary N) is 2. The molecule has 26 heavy (non-hydrogen) atoms. The molecule has 0 aliphatic rings. The number of carbonyl (C=O) groups excluding carboxylic acids is 3. The van der Waals surface area contributed by atoms with Crippen LogP contribution < -0.4 is 10.6 Å². The van der Waals surface area contributed by atoms with Crippen molar-refractivity contribution >= 4 is 41.4 Å². The highest BCUT2D eigenvalue weighted by molar-refractivity contribution is 6.18. The Bertz CT molecular complexity index is 412. The lowest BCUT2D eigenvalue weighted by atomic mass is 10.1. The van der Waals surface area contributed by atoms with Gasteiger partial charge in [0.1, 0.15) is 6.04 Å². The minimum atomic E-state index is -0.797. The van der Waals surface area contributed by atoms with Crippen molar-refractivity contribution in [2.45, 2.75) is 45.1 Å². The highest BCUT2D eigenvalue weighted by atomic mass is 35.5. The van der Waals surface area contributed by atoms with Crippen molar-refractivity contribution in [2.75, 3.05) is 38.1 Å². The smallest absolute Gasteiger partial charge is 0.407 e. The Balaban J connectivity index is 4.09. The monoisotopic (exact) mass is 414 g/mol. The Morgan fingerprint density at radius 1 is 0.885 bits per heavy atom. The SMILES string of the molecule is CCOC(=O)C(CCCCNC(=O)OCCCCl)NC(=O)OCCCCl. The summed E-state index contributed by atoms with van der Waals surface area (Å²) in [5.74, 6) is 0.301. The first-order chi connectivity index (χ1) is 12.5. The number of rotatable bonds is 14. The van der Waals surface area contributed by atoms with Crippen LogP contribution in [0.25, 0.3) is 0 Å². The average Bonchev–Trinajstić information content (AvgIpc) is 2.61. The third-order valence-corrected chi connectivity index (χ3v) is 3.61. The first-order valence-corrected chi connectivity index (χ1v) is 9.74. The Morgan fingerprint density at radius 2 is 1.50 bits per heavy atom. The fourth-order valence-electron chi connectivity index (χ4n) is 1.83. The molecule has 0 fully saturated rings. The number of hydrogen-bond acceptors (Lipinski definition) is 6. The molecule has 0 aromatic heterocycles. The van der Waals surface area contributed by atoms with Crippen molar-refractivity contribution in [3.63, 3.8) is 0 Å². The quantitative estimate of drug-likeness (QED) is 0.196. The van der Waals surface area contributed by atoms with Crippen LogP contribution in [0.5, 0.6) is 0 Å². The molecule has 2 N–H and O–H groups in total. The van der Waals surface area contributed by atoms with Crippen LogP contribution in [0.3, 0.4) is 0 Å². The first-order valence-electron chi connectivity index (χ1n) is 8.67. The van der Waals surface area contributed by atoms with Crippen LogP contribution in [0.15, 0.2) is 0 Å². The Kier molecular flexibility index (Phi) is 16.1. The maximum absolute atomic E-state index is 11.9. The third kappa shape index (κ3) is 13.8. The summed E-state index contributed by atoms with van der Waals surface area (Å²) in [6, 6.07) is -0.797. The van der Waals surface area contributed by atoms with Gasteiger partial charge in [0.2, 0.25) is 0 Å². The number of unbranched alkanes of at least 4 members (excludes halogenated alkanes) is 1. The standard InChI is InChI=1S/C16H28Cl2N2O6/c1-2-24-14(21)13(20-16(23)26-12-6-9-18)7-3-4-10-19-15(22)25-11-5-8-17/h13H,2-12H2,1H3,(H,19,22)(H,20,23). The Morgan fingerprint density at radius 3 is 2.08 bits per heavy atom. The van der Waals surface area contributed by atoms with Gasteiger partial charge in [-0.25, -0.2) is 14.4 Å². The van der Waals surface area contributed by atoms with Gasteiger partial charge >= 0.3 is 18.2 Å². The molecule has 0 saturated carbocycles. The van der Waals surface area contributed by atoms with E-state index in [1.165, 1.54) is 0 Å². The molecule has 0 aliphatic heterocycles. The largest absolute Gasteiger partial charge is 0.464 e. The molecule has 0 radical (unpaired) electrons. The molecule has 1 atom stereocenters. The number of carbonyl (C=O) groups is 3. The van der Waals surface area contributed by atoms with E-state index in [0.717, 1.165) is 0 Å². The molecule has 0 aromatic carbocycles. The van der Waals surface area contributed by atoms with Gasteiger partial charge in [-0.2, -0.15) is 0 Å². The summed E-state index contributed by atoms with van der Waals surface area (Å²) in [5.41, 5.74) is 0. The second-order valence-electron chi connectivity index (χ2n) is 5.23. The number of alkyl carbamates (subject to hydrolysis) is 2. The van der Waals surface area contributed by atoms with Gasteiger partial charge in [-0.05, 0) is 39.0 Å². The van der Waals surface area contributed by atoms with Crippen molar-refractivity contribution in [1.29, 1.82) is 0 Å². The molecule has 2 amide bonds. The van der Waals surface area contributed by atoms with Crippen LogP contribution in [-0.4, -0.2) is 62.3 Å². The minimum Gasteiger partial charge on any atom is -0.464 e. The van der Waals surface area contributed by atoms with E-state index in [1.54, 1.807) is 6.92 Å². The fourth-order valence-corrected chi connectivity index (χ4v) is 2.05. The highest BCUT2D eigenvalue weighted by Crippen LogP contribution is 2.04. The predicted octanol–water partition coefficient (Wildman–Crippen LogP) is 2.80. The Labute approximate surface area is 164 Å². The summed E-state index contributed by atoms with van der Waals surface area (Å²) in [7, 11) is 0. The lowest BCUT2D eigenvalue weighted by Crippen LogP contribution is -2.42. The van der Waals surface area contributed by atoms with Crippen molar-refractivity contribution in [3.05, 3.63) is 0 Å². The average molecular weight is 415 g/mol. The molecule has 0 heterocycles.